The standard InChI is InChI=1S/C17H17Cl2N3O/c18-13-6-3-7-14(19)16(13)22-17(23)15-10-12(8-9-20-15)21-11-4-1-2-5-11/h3,6-11H,1-2,4-5H2,(H,20,21)(H,22,23). The molecule has 0 saturated heterocycles. The van der Waals surface area contributed by atoms with Gasteiger partial charge in [-0.3, -0.25) is 9.78 Å². The van der Waals surface area contributed by atoms with Crippen LogP contribution in [0.2, 0.25) is 10.0 Å². The Balaban J connectivity index is 1.74. The quantitative estimate of drug-likeness (QED) is 0.816. The molecule has 3 rings (SSSR count). The Bertz CT molecular complexity index is 694. The van der Waals surface area contributed by atoms with E-state index in [1.807, 2.05) is 6.07 Å². The summed E-state index contributed by atoms with van der Waals surface area (Å²) in [7, 11) is 0. The topological polar surface area (TPSA) is 54.0 Å². The molecule has 1 fully saturated rings. The van der Waals surface area contributed by atoms with Crippen molar-refractivity contribution in [3.63, 3.8) is 0 Å². The van der Waals surface area contributed by atoms with Gasteiger partial charge >= 0.3 is 0 Å². The van der Waals surface area contributed by atoms with Gasteiger partial charge in [0, 0.05) is 17.9 Å². The van der Waals surface area contributed by atoms with Crippen molar-refractivity contribution < 1.29 is 4.79 Å². The van der Waals surface area contributed by atoms with Crippen LogP contribution in [0.1, 0.15) is 36.2 Å². The molecule has 23 heavy (non-hydrogen) atoms. The van der Waals surface area contributed by atoms with E-state index in [0.29, 0.717) is 27.5 Å². The van der Waals surface area contributed by atoms with E-state index in [1.165, 1.54) is 25.7 Å². The normalized spacial score (nSPS) is 14.7. The number of nitrogens with zero attached hydrogens (tertiary/aromatic N) is 1. The summed E-state index contributed by atoms with van der Waals surface area (Å²) in [6.45, 7) is 0. The van der Waals surface area contributed by atoms with Gasteiger partial charge in [-0.15, -0.1) is 0 Å². The molecule has 0 atom stereocenters. The van der Waals surface area contributed by atoms with E-state index in [2.05, 4.69) is 15.6 Å². The highest BCUT2D eigenvalue weighted by Crippen LogP contribution is 2.30. The number of rotatable bonds is 4. The highest BCUT2D eigenvalue weighted by molar-refractivity contribution is 6.40. The van der Waals surface area contributed by atoms with Crippen molar-refractivity contribution in [1.82, 2.24) is 4.98 Å². The summed E-state index contributed by atoms with van der Waals surface area (Å²) in [6.07, 6.45) is 6.46. The molecule has 1 aliphatic carbocycles. The van der Waals surface area contributed by atoms with E-state index in [0.717, 1.165) is 5.69 Å². The molecule has 0 bridgehead atoms. The number of nitrogens with one attached hydrogen (secondary N) is 2. The van der Waals surface area contributed by atoms with Crippen LogP contribution in [-0.2, 0) is 0 Å². The first-order valence-corrected chi connectivity index (χ1v) is 8.37. The minimum atomic E-state index is -0.338. The van der Waals surface area contributed by atoms with Crippen molar-refractivity contribution in [2.75, 3.05) is 10.6 Å². The second-order valence-corrected chi connectivity index (χ2v) is 6.42. The van der Waals surface area contributed by atoms with Gasteiger partial charge in [0.15, 0.2) is 0 Å². The molecular formula is C17H17Cl2N3O. The zero-order chi connectivity index (χ0) is 16.2. The van der Waals surface area contributed by atoms with Crippen LogP contribution in [0.15, 0.2) is 36.5 Å². The second-order valence-electron chi connectivity index (χ2n) is 5.61. The SMILES string of the molecule is O=C(Nc1c(Cl)cccc1Cl)c1cc(NC2CCCC2)ccn1. The van der Waals surface area contributed by atoms with E-state index < -0.39 is 0 Å². The Labute approximate surface area is 145 Å². The predicted molar refractivity (Wildman–Crippen MR) is 94.5 cm³/mol. The zero-order valence-corrected chi connectivity index (χ0v) is 14.0. The number of carbonyl (C=O) groups is 1. The summed E-state index contributed by atoms with van der Waals surface area (Å²) in [5, 5.41) is 6.96. The van der Waals surface area contributed by atoms with Crippen molar-refractivity contribution in [3.05, 3.63) is 52.3 Å². The van der Waals surface area contributed by atoms with Crippen LogP contribution >= 0.6 is 23.2 Å². The van der Waals surface area contributed by atoms with Crippen molar-refractivity contribution in [3.8, 4) is 0 Å². The molecule has 0 spiro atoms. The van der Waals surface area contributed by atoms with Crippen LogP contribution in [0.25, 0.3) is 0 Å². The van der Waals surface area contributed by atoms with Gasteiger partial charge in [0.25, 0.3) is 5.91 Å². The number of carbonyl (C=O) groups excluding carboxylic acids is 1. The number of para-hydroxylation sites is 1. The average molecular weight is 350 g/mol. The van der Waals surface area contributed by atoms with Crippen LogP contribution in [-0.4, -0.2) is 16.9 Å². The third kappa shape index (κ3) is 3.95. The number of hydrogen-bond acceptors (Lipinski definition) is 3. The summed E-state index contributed by atoms with van der Waals surface area (Å²) < 4.78 is 0. The van der Waals surface area contributed by atoms with Crippen molar-refractivity contribution in [2.45, 2.75) is 31.7 Å². The lowest BCUT2D eigenvalue weighted by molar-refractivity contribution is 0.102. The van der Waals surface area contributed by atoms with Gasteiger partial charge in [-0.05, 0) is 37.1 Å². The fraction of sp³-hybridized carbons (Fsp3) is 0.294. The van der Waals surface area contributed by atoms with Gasteiger partial charge in [-0.25, -0.2) is 0 Å². The lowest BCUT2D eigenvalue weighted by atomic mass is 10.2. The molecule has 1 amide bonds. The van der Waals surface area contributed by atoms with Crippen molar-refractivity contribution in [1.29, 1.82) is 0 Å². The minimum Gasteiger partial charge on any atom is -0.382 e. The molecule has 0 unspecified atom stereocenters. The van der Waals surface area contributed by atoms with E-state index in [1.54, 1.807) is 30.5 Å². The third-order valence-corrected chi connectivity index (χ3v) is 4.55. The molecule has 120 valence electrons. The Morgan fingerprint density at radius 1 is 1.13 bits per heavy atom. The Morgan fingerprint density at radius 2 is 1.83 bits per heavy atom. The number of benzene rings is 1. The molecule has 6 heteroatoms. The number of pyridine rings is 1. The number of hydrogen-bond donors (Lipinski definition) is 2. The molecule has 1 aromatic carbocycles. The van der Waals surface area contributed by atoms with E-state index >= 15 is 0 Å². The monoisotopic (exact) mass is 349 g/mol. The molecular weight excluding hydrogens is 333 g/mol. The van der Waals surface area contributed by atoms with E-state index in [-0.39, 0.29) is 5.91 Å². The first kappa shape index (κ1) is 16.1. The lowest BCUT2D eigenvalue weighted by Crippen LogP contribution is -2.17. The smallest absolute Gasteiger partial charge is 0.274 e. The highest BCUT2D eigenvalue weighted by atomic mass is 35.5. The summed E-state index contributed by atoms with van der Waals surface area (Å²) in [5.74, 6) is -0.338. The second kappa shape index (κ2) is 7.20. The fourth-order valence-electron chi connectivity index (χ4n) is 2.75. The summed E-state index contributed by atoms with van der Waals surface area (Å²) in [5.41, 5.74) is 1.63. The maximum Gasteiger partial charge on any atom is 0.274 e. The lowest BCUT2D eigenvalue weighted by Gasteiger charge is -2.14. The molecule has 4 nitrogen and oxygen atoms in total. The summed E-state index contributed by atoms with van der Waals surface area (Å²) in [4.78, 5) is 16.5. The first-order chi connectivity index (χ1) is 11.1. The first-order valence-electron chi connectivity index (χ1n) is 7.61. The molecule has 2 N–H and O–H groups in total. The number of aromatic nitrogens is 1. The number of amides is 1. The molecule has 0 aliphatic heterocycles. The van der Waals surface area contributed by atoms with Crippen LogP contribution < -0.4 is 10.6 Å². The van der Waals surface area contributed by atoms with Gasteiger partial charge < -0.3 is 10.6 Å². The maximum atomic E-state index is 12.4. The van der Waals surface area contributed by atoms with E-state index in [4.69, 9.17) is 23.2 Å². The van der Waals surface area contributed by atoms with Gasteiger partial charge in [-0.2, -0.15) is 0 Å². The minimum absolute atomic E-state index is 0.323. The Morgan fingerprint density at radius 3 is 2.52 bits per heavy atom. The highest BCUT2D eigenvalue weighted by Gasteiger charge is 2.16. The molecule has 0 radical (unpaired) electrons. The third-order valence-electron chi connectivity index (χ3n) is 3.92. The fourth-order valence-corrected chi connectivity index (χ4v) is 3.24. The molecule has 1 heterocycles. The van der Waals surface area contributed by atoms with Crippen molar-refractivity contribution >= 4 is 40.5 Å². The number of halogens is 2. The molecule has 1 aromatic heterocycles. The predicted octanol–water partition coefficient (Wildman–Crippen LogP) is 5.00. The van der Waals surface area contributed by atoms with Gasteiger partial charge in [0.1, 0.15) is 5.69 Å². The number of anilines is 2. The molecule has 2 aromatic rings. The van der Waals surface area contributed by atoms with Gasteiger partial charge in [-0.1, -0.05) is 42.1 Å². The largest absolute Gasteiger partial charge is 0.382 e. The summed E-state index contributed by atoms with van der Waals surface area (Å²) >= 11 is 12.1. The average Bonchev–Trinajstić information content (AvgIpc) is 3.04. The van der Waals surface area contributed by atoms with Crippen LogP contribution in [0.5, 0.6) is 0 Å². The molecule has 1 saturated carbocycles. The van der Waals surface area contributed by atoms with Gasteiger partial charge in [0.05, 0.1) is 15.7 Å². The van der Waals surface area contributed by atoms with Crippen LogP contribution in [0.3, 0.4) is 0 Å². The maximum absolute atomic E-state index is 12.4. The van der Waals surface area contributed by atoms with E-state index in [9.17, 15) is 4.79 Å². The Kier molecular flexibility index (Phi) is 5.03. The van der Waals surface area contributed by atoms with Gasteiger partial charge in [0.2, 0.25) is 0 Å². The zero-order valence-electron chi connectivity index (χ0n) is 12.5. The van der Waals surface area contributed by atoms with Crippen LogP contribution in [0, 0.1) is 0 Å². The van der Waals surface area contributed by atoms with Crippen molar-refractivity contribution in [2.24, 2.45) is 0 Å². The Hall–Kier alpha value is -1.78. The van der Waals surface area contributed by atoms with Crippen LogP contribution in [0.4, 0.5) is 11.4 Å². The summed E-state index contributed by atoms with van der Waals surface area (Å²) in [6, 6.07) is 9.18. The molecule has 1 aliphatic rings.